The summed E-state index contributed by atoms with van der Waals surface area (Å²) in [5.41, 5.74) is 0.0629. The van der Waals surface area contributed by atoms with E-state index in [9.17, 15) is 14.4 Å². The molecule has 2 amide bonds. The number of likely N-dealkylation sites (tertiary alicyclic amines) is 1. The van der Waals surface area contributed by atoms with Crippen molar-refractivity contribution < 1.29 is 23.9 Å². The number of nitrogens with one attached hydrogen (secondary N) is 1. The first-order chi connectivity index (χ1) is 13.6. The van der Waals surface area contributed by atoms with Gasteiger partial charge in [-0.15, -0.1) is 0 Å². The summed E-state index contributed by atoms with van der Waals surface area (Å²) in [5, 5.41) is 11.7. The van der Waals surface area contributed by atoms with Crippen molar-refractivity contribution in [2.24, 2.45) is 5.92 Å². The van der Waals surface area contributed by atoms with E-state index in [0.717, 1.165) is 0 Å². The molecule has 1 aromatic rings. The molecular weight excluding hydrogens is 374 g/mol. The third-order valence-corrected chi connectivity index (χ3v) is 4.37. The molecule has 0 spiro atoms. The van der Waals surface area contributed by atoms with Gasteiger partial charge < -0.3 is 19.7 Å². The van der Waals surface area contributed by atoms with Crippen molar-refractivity contribution in [3.8, 4) is 6.07 Å². The smallest absolute Gasteiger partial charge is 0.410 e. The number of benzene rings is 1. The highest BCUT2D eigenvalue weighted by molar-refractivity contribution is 5.96. The Kier molecular flexibility index (Phi) is 7.21. The van der Waals surface area contributed by atoms with E-state index < -0.39 is 35.6 Å². The fourth-order valence-electron chi connectivity index (χ4n) is 2.91. The molecule has 0 radical (unpaired) electrons. The molecule has 0 bridgehead atoms. The van der Waals surface area contributed by atoms with E-state index >= 15 is 0 Å². The van der Waals surface area contributed by atoms with Gasteiger partial charge in [-0.05, 0) is 52.7 Å². The Morgan fingerprint density at radius 3 is 2.62 bits per heavy atom. The number of nitriles is 1. The molecule has 0 aromatic heterocycles. The number of piperidine rings is 1. The van der Waals surface area contributed by atoms with Crippen LogP contribution < -0.4 is 5.32 Å². The molecule has 1 aliphatic heterocycles. The number of anilines is 1. The molecule has 0 unspecified atom stereocenters. The van der Waals surface area contributed by atoms with Gasteiger partial charge in [0.15, 0.2) is 6.10 Å². The van der Waals surface area contributed by atoms with Gasteiger partial charge in [0.2, 0.25) is 0 Å². The lowest BCUT2D eigenvalue weighted by Gasteiger charge is -2.33. The number of hydrogen-bond donors (Lipinski definition) is 1. The van der Waals surface area contributed by atoms with Crippen LogP contribution in [-0.2, 0) is 19.1 Å². The number of rotatable bonds is 4. The second-order valence-electron chi connectivity index (χ2n) is 7.99. The fourth-order valence-corrected chi connectivity index (χ4v) is 2.91. The van der Waals surface area contributed by atoms with Crippen LogP contribution in [0.25, 0.3) is 0 Å². The second-order valence-corrected chi connectivity index (χ2v) is 7.99. The van der Waals surface area contributed by atoms with Crippen LogP contribution in [0.5, 0.6) is 0 Å². The SMILES string of the molecule is C[C@H](OC(=O)[C@H]1CCCN(C(=O)OC(C)(C)C)C1)C(=O)Nc1ccccc1C#N. The molecule has 29 heavy (non-hydrogen) atoms. The Balaban J connectivity index is 1.92. The maximum Gasteiger partial charge on any atom is 0.410 e. The van der Waals surface area contributed by atoms with Gasteiger partial charge in [0.1, 0.15) is 11.7 Å². The molecule has 2 atom stereocenters. The van der Waals surface area contributed by atoms with E-state index in [-0.39, 0.29) is 6.54 Å². The quantitative estimate of drug-likeness (QED) is 0.777. The van der Waals surface area contributed by atoms with E-state index in [2.05, 4.69) is 5.32 Å². The number of nitrogens with zero attached hydrogens (tertiary/aromatic N) is 2. The predicted molar refractivity (Wildman–Crippen MR) is 106 cm³/mol. The summed E-state index contributed by atoms with van der Waals surface area (Å²) in [7, 11) is 0. The van der Waals surface area contributed by atoms with Crippen molar-refractivity contribution in [2.45, 2.75) is 52.2 Å². The third kappa shape index (κ3) is 6.49. The normalized spacial score (nSPS) is 17.6. The lowest BCUT2D eigenvalue weighted by molar-refractivity contribution is -0.158. The lowest BCUT2D eigenvalue weighted by atomic mass is 9.98. The molecule has 1 heterocycles. The maximum absolute atomic E-state index is 12.5. The maximum atomic E-state index is 12.5. The Hall–Kier alpha value is -3.08. The van der Waals surface area contributed by atoms with Crippen molar-refractivity contribution in [1.29, 1.82) is 5.26 Å². The van der Waals surface area contributed by atoms with E-state index in [1.165, 1.54) is 11.8 Å². The summed E-state index contributed by atoms with van der Waals surface area (Å²) < 4.78 is 10.7. The minimum Gasteiger partial charge on any atom is -0.452 e. The molecule has 1 N–H and O–H groups in total. The molecular formula is C21H27N3O5. The zero-order valence-electron chi connectivity index (χ0n) is 17.2. The average Bonchev–Trinajstić information content (AvgIpc) is 2.67. The molecule has 1 aliphatic rings. The van der Waals surface area contributed by atoms with Crippen molar-refractivity contribution >= 4 is 23.7 Å². The number of hydrogen-bond acceptors (Lipinski definition) is 6. The standard InChI is InChI=1S/C21H27N3O5/c1-14(18(25)23-17-10-6-5-8-15(17)12-22)28-19(26)16-9-7-11-24(13-16)20(27)29-21(2,3)4/h5-6,8,10,14,16H,7,9,11,13H2,1-4H3,(H,23,25)/t14-,16-/m0/s1. The predicted octanol–water partition coefficient (Wildman–Crippen LogP) is 3.08. The monoisotopic (exact) mass is 401 g/mol. The number of carbonyl (C=O) groups excluding carboxylic acids is 3. The van der Waals surface area contributed by atoms with Crippen LogP contribution >= 0.6 is 0 Å². The molecule has 1 fully saturated rings. The van der Waals surface area contributed by atoms with Crippen LogP contribution in [0.2, 0.25) is 0 Å². The van der Waals surface area contributed by atoms with Gasteiger partial charge in [-0.1, -0.05) is 12.1 Å². The minimum absolute atomic E-state index is 0.194. The number of carbonyl (C=O) groups is 3. The Bertz CT molecular complexity index is 809. The summed E-state index contributed by atoms with van der Waals surface area (Å²) >= 11 is 0. The van der Waals surface area contributed by atoms with E-state index in [4.69, 9.17) is 14.7 Å². The molecule has 1 aromatic carbocycles. The fraction of sp³-hybridized carbons (Fsp3) is 0.524. The van der Waals surface area contributed by atoms with Gasteiger partial charge in [-0.2, -0.15) is 5.26 Å². The summed E-state index contributed by atoms with van der Waals surface area (Å²) in [6.45, 7) is 7.53. The Labute approximate surface area is 170 Å². The highest BCUT2D eigenvalue weighted by Gasteiger charge is 2.33. The largest absolute Gasteiger partial charge is 0.452 e. The van der Waals surface area contributed by atoms with Gasteiger partial charge in [0.25, 0.3) is 5.91 Å². The highest BCUT2D eigenvalue weighted by atomic mass is 16.6. The van der Waals surface area contributed by atoms with Gasteiger partial charge in [0, 0.05) is 13.1 Å². The molecule has 1 saturated heterocycles. The van der Waals surface area contributed by atoms with Crippen molar-refractivity contribution in [2.75, 3.05) is 18.4 Å². The average molecular weight is 401 g/mol. The Morgan fingerprint density at radius 1 is 1.28 bits per heavy atom. The molecule has 8 nitrogen and oxygen atoms in total. The Morgan fingerprint density at radius 2 is 1.97 bits per heavy atom. The zero-order valence-corrected chi connectivity index (χ0v) is 17.2. The second kappa shape index (κ2) is 9.41. The zero-order chi connectivity index (χ0) is 21.6. The topological polar surface area (TPSA) is 109 Å². The minimum atomic E-state index is -1.04. The van der Waals surface area contributed by atoms with E-state index in [1.807, 2.05) is 6.07 Å². The molecule has 0 aliphatic carbocycles. The number of amides is 2. The van der Waals surface area contributed by atoms with Crippen LogP contribution in [0.3, 0.4) is 0 Å². The number of esters is 1. The first-order valence-corrected chi connectivity index (χ1v) is 9.59. The first kappa shape index (κ1) is 22.2. The summed E-state index contributed by atoms with van der Waals surface area (Å²) in [6, 6.07) is 8.56. The number of ether oxygens (including phenoxy) is 2. The van der Waals surface area contributed by atoms with Gasteiger partial charge in [-0.3, -0.25) is 9.59 Å². The molecule has 0 saturated carbocycles. The van der Waals surface area contributed by atoms with Crippen molar-refractivity contribution in [1.82, 2.24) is 4.90 Å². The molecule has 8 heteroatoms. The summed E-state index contributed by atoms with van der Waals surface area (Å²) in [4.78, 5) is 38.6. The van der Waals surface area contributed by atoms with Crippen LogP contribution in [-0.4, -0.2) is 47.7 Å². The van der Waals surface area contributed by atoms with Crippen LogP contribution in [0, 0.1) is 17.2 Å². The van der Waals surface area contributed by atoms with E-state index in [1.54, 1.807) is 45.0 Å². The first-order valence-electron chi connectivity index (χ1n) is 9.59. The van der Waals surface area contributed by atoms with Gasteiger partial charge in [-0.25, -0.2) is 4.79 Å². The molecule has 156 valence electrons. The highest BCUT2D eigenvalue weighted by Crippen LogP contribution is 2.21. The van der Waals surface area contributed by atoms with E-state index in [0.29, 0.717) is 30.6 Å². The molecule has 2 rings (SSSR count). The summed E-state index contributed by atoms with van der Waals surface area (Å²) in [6.07, 6.45) is -0.279. The lowest BCUT2D eigenvalue weighted by Crippen LogP contribution is -2.45. The van der Waals surface area contributed by atoms with Crippen molar-refractivity contribution in [3.63, 3.8) is 0 Å². The van der Waals surface area contributed by atoms with Gasteiger partial charge in [0.05, 0.1) is 17.2 Å². The van der Waals surface area contributed by atoms with Crippen LogP contribution in [0.4, 0.5) is 10.5 Å². The number of para-hydroxylation sites is 1. The van der Waals surface area contributed by atoms with Crippen LogP contribution in [0.1, 0.15) is 46.1 Å². The van der Waals surface area contributed by atoms with Crippen molar-refractivity contribution in [3.05, 3.63) is 29.8 Å². The van der Waals surface area contributed by atoms with Gasteiger partial charge >= 0.3 is 12.1 Å². The van der Waals surface area contributed by atoms with Crippen LogP contribution in [0.15, 0.2) is 24.3 Å². The summed E-state index contributed by atoms with van der Waals surface area (Å²) in [5.74, 6) is -1.58. The third-order valence-electron chi connectivity index (χ3n) is 4.37.